The number of benzene rings is 2. The van der Waals surface area contributed by atoms with E-state index in [1.807, 2.05) is 24.3 Å². The number of fused-ring (bicyclic) bond motifs is 1. The van der Waals surface area contributed by atoms with Crippen molar-refractivity contribution < 1.29 is 13.5 Å². The highest BCUT2D eigenvalue weighted by Crippen LogP contribution is 2.32. The van der Waals surface area contributed by atoms with E-state index in [0.29, 0.717) is 10.9 Å². The number of halogens is 1. The van der Waals surface area contributed by atoms with Gasteiger partial charge in [0.05, 0.1) is 17.0 Å². The largest absolute Gasteiger partial charge is 0.391 e. The standard InChI is InChI=1S/C15H14BrNO3S/c16-11-5-3-6-12(9-11)21(19,20)17-15-13-7-2-1-4-10(13)8-14(15)18/h1-7,9,14-15,17-18H,8H2. The van der Waals surface area contributed by atoms with Crippen molar-refractivity contribution in [1.82, 2.24) is 4.72 Å². The molecule has 0 aliphatic heterocycles. The van der Waals surface area contributed by atoms with Gasteiger partial charge in [-0.25, -0.2) is 13.1 Å². The molecule has 0 amide bonds. The van der Waals surface area contributed by atoms with Gasteiger partial charge in [-0.2, -0.15) is 0 Å². The van der Waals surface area contributed by atoms with Gasteiger partial charge in [-0.15, -0.1) is 0 Å². The number of aliphatic hydroxyl groups is 1. The number of nitrogens with one attached hydrogen (secondary N) is 1. The summed E-state index contributed by atoms with van der Waals surface area (Å²) in [7, 11) is -3.68. The van der Waals surface area contributed by atoms with Crippen LogP contribution in [-0.4, -0.2) is 19.6 Å². The van der Waals surface area contributed by atoms with Crippen molar-refractivity contribution in [2.45, 2.75) is 23.5 Å². The lowest BCUT2D eigenvalue weighted by Gasteiger charge is -2.18. The summed E-state index contributed by atoms with van der Waals surface area (Å²) < 4.78 is 28.2. The molecule has 0 saturated heterocycles. The van der Waals surface area contributed by atoms with Gasteiger partial charge in [0.2, 0.25) is 10.0 Å². The summed E-state index contributed by atoms with van der Waals surface area (Å²) >= 11 is 3.26. The van der Waals surface area contributed by atoms with Crippen LogP contribution >= 0.6 is 15.9 Å². The zero-order valence-electron chi connectivity index (χ0n) is 11.0. The van der Waals surface area contributed by atoms with E-state index in [0.717, 1.165) is 11.1 Å². The van der Waals surface area contributed by atoms with Crippen LogP contribution in [0.15, 0.2) is 57.9 Å². The Bertz CT molecular complexity index is 776. The molecule has 0 fully saturated rings. The van der Waals surface area contributed by atoms with E-state index in [1.54, 1.807) is 12.1 Å². The molecule has 3 rings (SSSR count). The van der Waals surface area contributed by atoms with E-state index in [9.17, 15) is 13.5 Å². The topological polar surface area (TPSA) is 66.4 Å². The Morgan fingerprint density at radius 2 is 1.90 bits per heavy atom. The smallest absolute Gasteiger partial charge is 0.241 e. The molecule has 4 nitrogen and oxygen atoms in total. The van der Waals surface area contributed by atoms with Gasteiger partial charge in [-0.05, 0) is 29.3 Å². The molecule has 21 heavy (non-hydrogen) atoms. The molecule has 1 aliphatic carbocycles. The first-order chi connectivity index (χ1) is 9.97. The van der Waals surface area contributed by atoms with Gasteiger partial charge < -0.3 is 5.11 Å². The van der Waals surface area contributed by atoms with Crippen LogP contribution in [0.3, 0.4) is 0 Å². The minimum absolute atomic E-state index is 0.174. The van der Waals surface area contributed by atoms with Crippen molar-refractivity contribution in [2.24, 2.45) is 0 Å². The van der Waals surface area contributed by atoms with E-state index in [-0.39, 0.29) is 4.90 Å². The van der Waals surface area contributed by atoms with E-state index in [2.05, 4.69) is 20.7 Å². The summed E-state index contributed by atoms with van der Waals surface area (Å²) in [5.41, 5.74) is 1.82. The lowest BCUT2D eigenvalue weighted by atomic mass is 10.1. The van der Waals surface area contributed by atoms with Crippen molar-refractivity contribution in [3.63, 3.8) is 0 Å². The summed E-state index contributed by atoms with van der Waals surface area (Å²) in [5.74, 6) is 0. The number of hydrogen-bond donors (Lipinski definition) is 2. The third-order valence-corrected chi connectivity index (χ3v) is 5.52. The maximum Gasteiger partial charge on any atom is 0.241 e. The van der Waals surface area contributed by atoms with Crippen LogP contribution < -0.4 is 4.72 Å². The molecule has 0 radical (unpaired) electrons. The minimum atomic E-state index is -3.68. The number of aliphatic hydroxyl groups excluding tert-OH is 1. The fourth-order valence-electron chi connectivity index (χ4n) is 2.59. The normalized spacial score (nSPS) is 21.2. The Kier molecular flexibility index (Phi) is 3.88. The fraction of sp³-hybridized carbons (Fsp3) is 0.200. The predicted molar refractivity (Wildman–Crippen MR) is 83.4 cm³/mol. The Morgan fingerprint density at radius 3 is 2.67 bits per heavy atom. The highest BCUT2D eigenvalue weighted by Gasteiger charge is 2.34. The molecule has 0 saturated carbocycles. The molecule has 2 unspecified atom stereocenters. The van der Waals surface area contributed by atoms with Gasteiger partial charge in [0, 0.05) is 10.9 Å². The number of hydrogen-bond acceptors (Lipinski definition) is 3. The molecule has 0 aromatic heterocycles. The minimum Gasteiger partial charge on any atom is -0.391 e. The van der Waals surface area contributed by atoms with Gasteiger partial charge in [0.25, 0.3) is 0 Å². The van der Waals surface area contributed by atoms with Gasteiger partial charge in [-0.3, -0.25) is 0 Å². The molecule has 2 atom stereocenters. The molecule has 2 N–H and O–H groups in total. The molecule has 0 bridgehead atoms. The average Bonchev–Trinajstić information content (AvgIpc) is 2.75. The Morgan fingerprint density at radius 1 is 1.14 bits per heavy atom. The number of rotatable bonds is 3. The average molecular weight is 368 g/mol. The first-order valence-corrected chi connectivity index (χ1v) is 8.79. The molecule has 1 aliphatic rings. The second-order valence-corrected chi connectivity index (χ2v) is 7.66. The third kappa shape index (κ3) is 2.89. The van der Waals surface area contributed by atoms with Crippen LogP contribution in [-0.2, 0) is 16.4 Å². The van der Waals surface area contributed by atoms with Crippen LogP contribution in [0.2, 0.25) is 0 Å². The SMILES string of the molecule is O=S(=O)(NC1c2ccccc2CC1O)c1cccc(Br)c1. The third-order valence-electron chi connectivity index (χ3n) is 3.59. The number of sulfonamides is 1. The van der Waals surface area contributed by atoms with Gasteiger partial charge >= 0.3 is 0 Å². The van der Waals surface area contributed by atoms with Crippen molar-refractivity contribution in [3.05, 3.63) is 64.1 Å². The Balaban J connectivity index is 1.93. The lowest BCUT2D eigenvalue weighted by Crippen LogP contribution is -2.33. The molecule has 2 aromatic carbocycles. The van der Waals surface area contributed by atoms with Crippen molar-refractivity contribution in [3.8, 4) is 0 Å². The molecular formula is C15H14BrNO3S. The van der Waals surface area contributed by atoms with Crippen molar-refractivity contribution >= 4 is 26.0 Å². The first-order valence-electron chi connectivity index (χ1n) is 6.51. The van der Waals surface area contributed by atoms with E-state index >= 15 is 0 Å². The zero-order chi connectivity index (χ0) is 15.0. The fourth-order valence-corrected chi connectivity index (χ4v) is 4.43. The first kappa shape index (κ1) is 14.7. The van der Waals surface area contributed by atoms with E-state index in [4.69, 9.17) is 0 Å². The van der Waals surface area contributed by atoms with Gasteiger partial charge in [-0.1, -0.05) is 46.3 Å². The maximum absolute atomic E-state index is 12.5. The highest BCUT2D eigenvalue weighted by molar-refractivity contribution is 9.10. The molecule has 0 spiro atoms. The molecule has 110 valence electrons. The summed E-state index contributed by atoms with van der Waals surface area (Å²) in [6.45, 7) is 0. The van der Waals surface area contributed by atoms with Crippen molar-refractivity contribution in [2.75, 3.05) is 0 Å². The van der Waals surface area contributed by atoms with Crippen molar-refractivity contribution in [1.29, 1.82) is 0 Å². The van der Waals surface area contributed by atoms with E-state index < -0.39 is 22.2 Å². The van der Waals surface area contributed by atoms with Crippen LogP contribution in [0.25, 0.3) is 0 Å². The molecule has 2 aromatic rings. The predicted octanol–water partition coefficient (Wildman–Crippen LogP) is 2.39. The van der Waals surface area contributed by atoms with Gasteiger partial charge in [0.1, 0.15) is 0 Å². The summed E-state index contributed by atoms with van der Waals surface area (Å²) in [5, 5.41) is 10.1. The second kappa shape index (κ2) is 5.53. The zero-order valence-corrected chi connectivity index (χ0v) is 13.4. The Labute approximate surface area is 132 Å². The van der Waals surface area contributed by atoms with Crippen LogP contribution in [0.5, 0.6) is 0 Å². The maximum atomic E-state index is 12.5. The Hall–Kier alpha value is -1.21. The summed E-state index contributed by atoms with van der Waals surface area (Å²) in [4.78, 5) is 0.174. The second-order valence-electron chi connectivity index (χ2n) is 5.03. The van der Waals surface area contributed by atoms with Crippen LogP contribution in [0, 0.1) is 0 Å². The van der Waals surface area contributed by atoms with E-state index in [1.165, 1.54) is 12.1 Å². The summed E-state index contributed by atoms with van der Waals surface area (Å²) in [6.07, 6.45) is -0.286. The molecule has 6 heteroatoms. The van der Waals surface area contributed by atoms with Gasteiger partial charge in [0.15, 0.2) is 0 Å². The molecule has 0 heterocycles. The summed E-state index contributed by atoms with van der Waals surface area (Å²) in [6, 6.07) is 13.4. The quantitative estimate of drug-likeness (QED) is 0.874. The molecular weight excluding hydrogens is 354 g/mol. The van der Waals surface area contributed by atoms with Crippen LogP contribution in [0.4, 0.5) is 0 Å². The lowest BCUT2D eigenvalue weighted by molar-refractivity contribution is 0.151. The van der Waals surface area contributed by atoms with Crippen LogP contribution in [0.1, 0.15) is 17.2 Å². The highest BCUT2D eigenvalue weighted by atomic mass is 79.9. The monoisotopic (exact) mass is 367 g/mol.